The molecule has 94 valence electrons. The predicted molar refractivity (Wildman–Crippen MR) is 59.7 cm³/mol. The number of carbonyl (C=O) groups excluding carboxylic acids is 3. The van der Waals surface area contributed by atoms with Crippen LogP contribution in [0.15, 0.2) is 0 Å². The first kappa shape index (κ1) is 11.9. The Labute approximate surface area is 99.7 Å². The monoisotopic (exact) mass is 239 g/mol. The van der Waals surface area contributed by atoms with Crippen molar-refractivity contribution in [2.45, 2.75) is 31.7 Å². The van der Waals surface area contributed by atoms with E-state index in [2.05, 4.69) is 0 Å². The van der Waals surface area contributed by atoms with E-state index in [0.29, 0.717) is 6.54 Å². The second kappa shape index (κ2) is 4.73. The van der Waals surface area contributed by atoms with Gasteiger partial charge >= 0.3 is 0 Å². The summed E-state index contributed by atoms with van der Waals surface area (Å²) in [5.74, 6) is -0.499. The molecule has 2 heterocycles. The molecule has 0 bridgehead atoms. The predicted octanol–water partition coefficient (Wildman–Crippen LogP) is -0.915. The van der Waals surface area contributed by atoms with Gasteiger partial charge in [0, 0.05) is 19.5 Å². The second-order valence-electron chi connectivity index (χ2n) is 4.57. The van der Waals surface area contributed by atoms with Gasteiger partial charge in [0.2, 0.25) is 17.7 Å². The molecule has 0 radical (unpaired) electrons. The lowest BCUT2D eigenvalue weighted by Crippen LogP contribution is -2.61. The first-order valence-corrected chi connectivity index (χ1v) is 5.96. The summed E-state index contributed by atoms with van der Waals surface area (Å²) in [5.41, 5.74) is 5.05. The van der Waals surface area contributed by atoms with Gasteiger partial charge in [0.1, 0.15) is 6.04 Å². The van der Waals surface area contributed by atoms with Gasteiger partial charge in [-0.25, -0.2) is 0 Å². The molecular formula is C11H17N3O3. The van der Waals surface area contributed by atoms with Gasteiger partial charge in [-0.3, -0.25) is 14.4 Å². The van der Waals surface area contributed by atoms with Crippen molar-refractivity contribution in [2.75, 3.05) is 19.6 Å². The summed E-state index contributed by atoms with van der Waals surface area (Å²) in [6.07, 6.45) is 2.80. The molecule has 0 aliphatic carbocycles. The summed E-state index contributed by atoms with van der Waals surface area (Å²) in [6.45, 7) is 1.02. The largest absolute Gasteiger partial charge is 0.370 e. The quantitative estimate of drug-likeness (QED) is 0.691. The van der Waals surface area contributed by atoms with Gasteiger partial charge in [0.05, 0.1) is 6.54 Å². The van der Waals surface area contributed by atoms with Crippen molar-refractivity contribution < 1.29 is 14.4 Å². The van der Waals surface area contributed by atoms with Crippen LogP contribution in [0.3, 0.4) is 0 Å². The third-order valence-electron chi connectivity index (χ3n) is 3.37. The number of rotatable bonds is 3. The maximum atomic E-state index is 12.1. The number of nitrogens with zero attached hydrogens (tertiary/aromatic N) is 2. The summed E-state index contributed by atoms with van der Waals surface area (Å²) in [4.78, 5) is 37.8. The SMILES string of the molecule is NC(=O)CCN1CC(=O)N2CCCCC2C1=O. The zero-order valence-corrected chi connectivity index (χ0v) is 9.72. The molecule has 6 heteroatoms. The fourth-order valence-corrected chi connectivity index (χ4v) is 2.46. The van der Waals surface area contributed by atoms with Gasteiger partial charge in [-0.05, 0) is 19.3 Å². The summed E-state index contributed by atoms with van der Waals surface area (Å²) < 4.78 is 0. The number of nitrogens with two attached hydrogens (primary N) is 1. The number of fused-ring (bicyclic) bond motifs is 1. The highest BCUT2D eigenvalue weighted by atomic mass is 16.2. The molecule has 2 rings (SSSR count). The molecule has 2 saturated heterocycles. The number of hydrogen-bond donors (Lipinski definition) is 1. The van der Waals surface area contributed by atoms with Crippen LogP contribution in [0.5, 0.6) is 0 Å². The zero-order chi connectivity index (χ0) is 12.4. The number of primary amides is 1. The van der Waals surface area contributed by atoms with E-state index < -0.39 is 5.91 Å². The first-order valence-electron chi connectivity index (χ1n) is 5.96. The van der Waals surface area contributed by atoms with Crippen LogP contribution in [0, 0.1) is 0 Å². The van der Waals surface area contributed by atoms with Gasteiger partial charge in [-0.2, -0.15) is 0 Å². The molecule has 1 unspecified atom stereocenters. The van der Waals surface area contributed by atoms with Crippen molar-refractivity contribution in [3.05, 3.63) is 0 Å². The molecule has 3 amide bonds. The average molecular weight is 239 g/mol. The third kappa shape index (κ3) is 2.40. The van der Waals surface area contributed by atoms with Crippen LogP contribution in [0.25, 0.3) is 0 Å². The minimum absolute atomic E-state index is 0.0150. The molecule has 0 spiro atoms. The Bertz CT molecular complexity index is 356. The Morgan fingerprint density at radius 2 is 2.12 bits per heavy atom. The lowest BCUT2D eigenvalue weighted by molar-refractivity contribution is -0.157. The molecule has 2 N–H and O–H groups in total. The minimum Gasteiger partial charge on any atom is -0.370 e. The molecule has 2 aliphatic heterocycles. The smallest absolute Gasteiger partial charge is 0.245 e. The summed E-state index contributed by atoms with van der Waals surface area (Å²) in [7, 11) is 0. The van der Waals surface area contributed by atoms with Gasteiger partial charge in [0.25, 0.3) is 0 Å². The van der Waals surface area contributed by atoms with E-state index in [1.165, 1.54) is 4.90 Å². The summed E-state index contributed by atoms with van der Waals surface area (Å²) in [6, 6.07) is -0.308. The van der Waals surface area contributed by atoms with Crippen LogP contribution in [0.4, 0.5) is 0 Å². The number of carbonyl (C=O) groups is 3. The lowest BCUT2D eigenvalue weighted by Gasteiger charge is -2.42. The molecule has 0 saturated carbocycles. The number of hydrogen-bond acceptors (Lipinski definition) is 3. The van der Waals surface area contributed by atoms with E-state index in [1.54, 1.807) is 4.90 Å². The molecule has 17 heavy (non-hydrogen) atoms. The average Bonchev–Trinajstić information content (AvgIpc) is 2.32. The Morgan fingerprint density at radius 1 is 1.35 bits per heavy atom. The minimum atomic E-state index is -0.448. The van der Waals surface area contributed by atoms with Gasteiger partial charge < -0.3 is 15.5 Å². The Kier molecular flexibility index (Phi) is 3.31. The molecular weight excluding hydrogens is 222 g/mol. The first-order chi connectivity index (χ1) is 8.09. The number of amides is 3. The maximum absolute atomic E-state index is 12.1. The summed E-state index contributed by atoms with van der Waals surface area (Å²) >= 11 is 0. The molecule has 0 aromatic rings. The van der Waals surface area contributed by atoms with Crippen molar-refractivity contribution >= 4 is 17.7 Å². The summed E-state index contributed by atoms with van der Waals surface area (Å²) in [5, 5.41) is 0. The zero-order valence-electron chi connectivity index (χ0n) is 9.72. The second-order valence-corrected chi connectivity index (χ2v) is 4.57. The van der Waals surface area contributed by atoms with Gasteiger partial charge in [-0.15, -0.1) is 0 Å². The van der Waals surface area contributed by atoms with Gasteiger partial charge in [-0.1, -0.05) is 0 Å². The molecule has 0 aromatic heterocycles. The van der Waals surface area contributed by atoms with E-state index in [9.17, 15) is 14.4 Å². The van der Waals surface area contributed by atoms with E-state index in [-0.39, 0.29) is 37.4 Å². The van der Waals surface area contributed by atoms with E-state index >= 15 is 0 Å². The fraction of sp³-hybridized carbons (Fsp3) is 0.727. The van der Waals surface area contributed by atoms with Crippen LogP contribution in [0.1, 0.15) is 25.7 Å². The topological polar surface area (TPSA) is 83.7 Å². The Morgan fingerprint density at radius 3 is 2.82 bits per heavy atom. The highest BCUT2D eigenvalue weighted by molar-refractivity contribution is 5.95. The molecule has 0 aromatic carbocycles. The van der Waals surface area contributed by atoms with Crippen molar-refractivity contribution in [3.8, 4) is 0 Å². The van der Waals surface area contributed by atoms with Crippen molar-refractivity contribution in [1.29, 1.82) is 0 Å². The number of piperidine rings is 1. The normalized spacial score (nSPS) is 24.8. The van der Waals surface area contributed by atoms with Crippen LogP contribution in [-0.4, -0.2) is 53.2 Å². The van der Waals surface area contributed by atoms with E-state index in [4.69, 9.17) is 5.73 Å². The van der Waals surface area contributed by atoms with E-state index in [0.717, 1.165) is 19.3 Å². The van der Waals surface area contributed by atoms with Crippen LogP contribution in [-0.2, 0) is 14.4 Å². The maximum Gasteiger partial charge on any atom is 0.245 e. The molecule has 2 aliphatic rings. The number of piperazine rings is 1. The van der Waals surface area contributed by atoms with E-state index in [1.807, 2.05) is 0 Å². The lowest BCUT2D eigenvalue weighted by atomic mass is 9.98. The van der Waals surface area contributed by atoms with Crippen LogP contribution in [0.2, 0.25) is 0 Å². The highest BCUT2D eigenvalue weighted by Gasteiger charge is 2.40. The standard InChI is InChI=1S/C11H17N3O3/c12-9(15)4-6-13-7-10(16)14-5-2-1-3-8(14)11(13)17/h8H,1-7H2,(H2,12,15). The van der Waals surface area contributed by atoms with Crippen LogP contribution < -0.4 is 5.73 Å². The van der Waals surface area contributed by atoms with Crippen molar-refractivity contribution in [3.63, 3.8) is 0 Å². The molecule has 1 atom stereocenters. The highest BCUT2D eigenvalue weighted by Crippen LogP contribution is 2.22. The Hall–Kier alpha value is -1.59. The Balaban J connectivity index is 2.03. The fourth-order valence-electron chi connectivity index (χ4n) is 2.46. The third-order valence-corrected chi connectivity index (χ3v) is 3.37. The van der Waals surface area contributed by atoms with Crippen molar-refractivity contribution in [1.82, 2.24) is 9.80 Å². The molecule has 2 fully saturated rings. The van der Waals surface area contributed by atoms with Crippen LogP contribution >= 0.6 is 0 Å². The van der Waals surface area contributed by atoms with Crippen molar-refractivity contribution in [2.24, 2.45) is 5.73 Å². The van der Waals surface area contributed by atoms with Gasteiger partial charge in [0.15, 0.2) is 0 Å². The molecule has 6 nitrogen and oxygen atoms in total.